The van der Waals surface area contributed by atoms with Gasteiger partial charge in [0.05, 0.1) is 6.20 Å². The van der Waals surface area contributed by atoms with Gasteiger partial charge in [-0.05, 0) is 48.7 Å². The molecule has 0 radical (unpaired) electrons. The lowest BCUT2D eigenvalue weighted by Crippen LogP contribution is -2.24. The van der Waals surface area contributed by atoms with Crippen molar-refractivity contribution in [2.45, 2.75) is 19.9 Å². The fourth-order valence-electron chi connectivity index (χ4n) is 3.55. The van der Waals surface area contributed by atoms with Crippen molar-refractivity contribution in [2.24, 2.45) is 0 Å². The van der Waals surface area contributed by atoms with Crippen molar-refractivity contribution in [3.63, 3.8) is 0 Å². The summed E-state index contributed by atoms with van der Waals surface area (Å²) in [7, 11) is 0. The summed E-state index contributed by atoms with van der Waals surface area (Å²) < 4.78 is 5.60. The van der Waals surface area contributed by atoms with Crippen LogP contribution in [-0.2, 0) is 13.0 Å². The highest BCUT2D eigenvalue weighted by Gasteiger charge is 2.21. The molecule has 7 heteroatoms. The molecule has 1 aliphatic rings. The first-order valence-corrected chi connectivity index (χ1v) is 8.91. The van der Waals surface area contributed by atoms with Gasteiger partial charge in [-0.25, -0.2) is 0 Å². The minimum absolute atomic E-state index is 0.501. The minimum Gasteiger partial charge on any atom is -0.334 e. The number of rotatable bonds is 3. The smallest absolute Gasteiger partial charge is 0.258 e. The van der Waals surface area contributed by atoms with Crippen molar-refractivity contribution in [3.05, 3.63) is 59.7 Å². The third-order valence-electron chi connectivity index (χ3n) is 4.92. The molecule has 4 heterocycles. The zero-order chi connectivity index (χ0) is 18.2. The number of nitrogens with zero attached hydrogens (tertiary/aromatic N) is 4. The molecule has 0 bridgehead atoms. The molecule has 4 aromatic rings. The van der Waals surface area contributed by atoms with Gasteiger partial charge in [0.25, 0.3) is 5.89 Å². The number of hydrogen-bond acceptors (Lipinski definition) is 6. The second-order valence-electron chi connectivity index (χ2n) is 6.64. The Hall–Kier alpha value is -3.32. The molecule has 0 amide bonds. The maximum Gasteiger partial charge on any atom is 0.258 e. The van der Waals surface area contributed by atoms with E-state index in [9.17, 15) is 0 Å². The largest absolute Gasteiger partial charge is 0.334 e. The Morgan fingerprint density at radius 2 is 2.04 bits per heavy atom. The summed E-state index contributed by atoms with van der Waals surface area (Å²) in [6.07, 6.45) is 6.53. The van der Waals surface area contributed by atoms with Crippen molar-refractivity contribution in [1.82, 2.24) is 30.6 Å². The average molecular weight is 358 g/mol. The van der Waals surface area contributed by atoms with Gasteiger partial charge >= 0.3 is 0 Å². The molecular weight excluding hydrogens is 340 g/mol. The van der Waals surface area contributed by atoms with Crippen molar-refractivity contribution < 1.29 is 4.52 Å². The monoisotopic (exact) mass is 358 g/mol. The molecule has 0 spiro atoms. The van der Waals surface area contributed by atoms with Crippen LogP contribution in [-0.4, -0.2) is 31.9 Å². The molecule has 5 rings (SSSR count). The zero-order valence-corrected chi connectivity index (χ0v) is 14.9. The van der Waals surface area contributed by atoms with Crippen LogP contribution < -0.4 is 5.32 Å². The van der Waals surface area contributed by atoms with Crippen molar-refractivity contribution in [1.29, 1.82) is 0 Å². The summed E-state index contributed by atoms with van der Waals surface area (Å²) in [5, 5.41) is 14.5. The molecule has 0 fully saturated rings. The Balaban J connectivity index is 1.56. The quantitative estimate of drug-likeness (QED) is 0.584. The van der Waals surface area contributed by atoms with E-state index in [4.69, 9.17) is 4.52 Å². The Labute approximate surface area is 155 Å². The molecule has 2 N–H and O–H groups in total. The lowest BCUT2D eigenvalue weighted by molar-refractivity contribution is 0.432. The second-order valence-corrected chi connectivity index (χ2v) is 6.64. The summed E-state index contributed by atoms with van der Waals surface area (Å²) >= 11 is 0. The molecule has 0 saturated heterocycles. The molecule has 0 saturated carbocycles. The van der Waals surface area contributed by atoms with Gasteiger partial charge in [-0.15, -0.1) is 0 Å². The fraction of sp³-hybridized carbons (Fsp3) is 0.200. The number of nitrogens with one attached hydrogen (secondary N) is 2. The Bertz CT molecular complexity index is 1100. The highest BCUT2D eigenvalue weighted by atomic mass is 16.5. The fourth-order valence-corrected chi connectivity index (χ4v) is 3.55. The van der Waals surface area contributed by atoms with Crippen LogP contribution in [0.5, 0.6) is 0 Å². The Morgan fingerprint density at radius 1 is 1.11 bits per heavy atom. The summed E-state index contributed by atoms with van der Waals surface area (Å²) in [5.41, 5.74) is 7.33. The normalized spacial score (nSPS) is 13.5. The SMILES string of the molecule is Cc1ncc2c(c1-c1noc(-c3cccc(-c4cn[nH]c4)c3)n1)CCNC2. The molecule has 3 aromatic heterocycles. The number of aromatic amines is 1. The van der Waals surface area contributed by atoms with Crippen molar-refractivity contribution in [3.8, 4) is 34.0 Å². The summed E-state index contributed by atoms with van der Waals surface area (Å²) in [4.78, 5) is 9.21. The molecule has 7 nitrogen and oxygen atoms in total. The van der Waals surface area contributed by atoms with Crippen molar-refractivity contribution in [2.75, 3.05) is 6.54 Å². The van der Waals surface area contributed by atoms with Gasteiger partial charge < -0.3 is 9.84 Å². The van der Waals surface area contributed by atoms with E-state index in [1.807, 2.05) is 43.6 Å². The van der Waals surface area contributed by atoms with Crippen LogP contribution in [0.1, 0.15) is 16.8 Å². The third-order valence-corrected chi connectivity index (χ3v) is 4.92. The van der Waals surface area contributed by atoms with E-state index in [0.717, 1.165) is 47.5 Å². The van der Waals surface area contributed by atoms with E-state index in [-0.39, 0.29) is 0 Å². The predicted octanol–water partition coefficient (Wildman–Crippen LogP) is 3.14. The maximum absolute atomic E-state index is 5.60. The Morgan fingerprint density at radius 3 is 2.93 bits per heavy atom. The van der Waals surface area contributed by atoms with E-state index in [1.54, 1.807) is 6.20 Å². The van der Waals surface area contributed by atoms with E-state index in [1.165, 1.54) is 11.1 Å². The zero-order valence-electron chi connectivity index (χ0n) is 14.9. The summed E-state index contributed by atoms with van der Waals surface area (Å²) in [6, 6.07) is 8.00. The summed E-state index contributed by atoms with van der Waals surface area (Å²) in [5.74, 6) is 1.10. The lowest BCUT2D eigenvalue weighted by Gasteiger charge is -2.19. The second kappa shape index (κ2) is 6.44. The first-order valence-electron chi connectivity index (χ1n) is 8.91. The molecule has 1 aliphatic heterocycles. The third kappa shape index (κ3) is 2.82. The molecule has 134 valence electrons. The number of fused-ring (bicyclic) bond motifs is 1. The van der Waals surface area contributed by atoms with Crippen LogP contribution in [0.4, 0.5) is 0 Å². The number of benzene rings is 1. The van der Waals surface area contributed by atoms with Gasteiger partial charge in [0.15, 0.2) is 0 Å². The van der Waals surface area contributed by atoms with Gasteiger partial charge in [-0.3, -0.25) is 10.1 Å². The van der Waals surface area contributed by atoms with E-state index < -0.39 is 0 Å². The molecule has 1 aromatic carbocycles. The van der Waals surface area contributed by atoms with Crippen LogP contribution >= 0.6 is 0 Å². The Kier molecular flexibility index (Phi) is 3.79. The van der Waals surface area contributed by atoms with E-state index in [0.29, 0.717) is 11.7 Å². The topological polar surface area (TPSA) is 92.5 Å². The average Bonchev–Trinajstić information content (AvgIpc) is 3.40. The van der Waals surface area contributed by atoms with Gasteiger partial charge in [0, 0.05) is 41.3 Å². The lowest BCUT2D eigenvalue weighted by atomic mass is 9.95. The summed E-state index contributed by atoms with van der Waals surface area (Å²) in [6.45, 7) is 3.77. The van der Waals surface area contributed by atoms with Crippen LogP contribution in [0.25, 0.3) is 34.0 Å². The van der Waals surface area contributed by atoms with Crippen LogP contribution in [0.2, 0.25) is 0 Å². The van der Waals surface area contributed by atoms with Gasteiger partial charge in [-0.2, -0.15) is 10.1 Å². The first kappa shape index (κ1) is 15.9. The van der Waals surface area contributed by atoms with Gasteiger partial charge in [0.1, 0.15) is 0 Å². The number of H-pyrrole nitrogens is 1. The number of aromatic nitrogens is 5. The maximum atomic E-state index is 5.60. The minimum atomic E-state index is 0.501. The van der Waals surface area contributed by atoms with Gasteiger partial charge in [-0.1, -0.05) is 17.3 Å². The highest BCUT2D eigenvalue weighted by Crippen LogP contribution is 2.31. The molecule has 27 heavy (non-hydrogen) atoms. The van der Waals surface area contributed by atoms with Crippen LogP contribution in [0.15, 0.2) is 47.4 Å². The van der Waals surface area contributed by atoms with E-state index >= 15 is 0 Å². The molecule has 0 atom stereocenters. The first-order chi connectivity index (χ1) is 13.3. The molecule has 0 unspecified atom stereocenters. The molecular formula is C20H18N6O. The van der Waals surface area contributed by atoms with Crippen LogP contribution in [0, 0.1) is 6.92 Å². The van der Waals surface area contributed by atoms with Gasteiger partial charge in [0.2, 0.25) is 5.82 Å². The predicted molar refractivity (Wildman–Crippen MR) is 101 cm³/mol. The number of hydrogen-bond donors (Lipinski definition) is 2. The number of pyridine rings is 1. The van der Waals surface area contributed by atoms with Crippen LogP contribution in [0.3, 0.4) is 0 Å². The van der Waals surface area contributed by atoms with E-state index in [2.05, 4.69) is 30.6 Å². The highest BCUT2D eigenvalue weighted by molar-refractivity contribution is 5.70. The number of aryl methyl sites for hydroxylation is 1. The molecule has 0 aliphatic carbocycles. The standard InChI is InChI=1S/C20H18N6O/c1-12-18(17-5-6-21-8-16(17)9-22-12)19-25-20(27-26-19)14-4-2-3-13(7-14)15-10-23-24-11-15/h2-4,7,9-11,21H,5-6,8H2,1H3,(H,23,24). The van der Waals surface area contributed by atoms with Crippen molar-refractivity contribution >= 4 is 0 Å².